The van der Waals surface area contributed by atoms with Crippen molar-refractivity contribution in [2.24, 2.45) is 0 Å². The molecule has 170 valence electrons. The number of anilines is 1. The summed E-state index contributed by atoms with van der Waals surface area (Å²) in [6.07, 6.45) is 0. The predicted molar refractivity (Wildman–Crippen MR) is 128 cm³/mol. The van der Waals surface area contributed by atoms with Crippen LogP contribution in [0.1, 0.15) is 16.5 Å². The molecule has 0 spiro atoms. The van der Waals surface area contributed by atoms with Gasteiger partial charge < -0.3 is 10.1 Å². The van der Waals surface area contributed by atoms with Crippen LogP contribution in [0.3, 0.4) is 0 Å². The van der Waals surface area contributed by atoms with Gasteiger partial charge in [0, 0.05) is 24.2 Å². The van der Waals surface area contributed by atoms with Crippen LogP contribution in [0.25, 0.3) is 11.0 Å². The molecule has 0 fully saturated rings. The van der Waals surface area contributed by atoms with E-state index in [4.69, 9.17) is 4.74 Å². The quantitative estimate of drug-likeness (QED) is 0.385. The van der Waals surface area contributed by atoms with Gasteiger partial charge in [-0.2, -0.15) is 0 Å². The van der Waals surface area contributed by atoms with Crippen molar-refractivity contribution < 1.29 is 14.3 Å². The molecule has 0 bridgehead atoms. The maximum absolute atomic E-state index is 13.7. The Morgan fingerprint density at radius 2 is 1.91 bits per heavy atom. The van der Waals surface area contributed by atoms with E-state index in [1.807, 2.05) is 73.0 Å². The van der Waals surface area contributed by atoms with Gasteiger partial charge in [-0.1, -0.05) is 41.1 Å². The number of aryl methyl sites for hydroxylation is 1. The molecule has 9 heteroatoms. The zero-order valence-electron chi connectivity index (χ0n) is 18.5. The number of aromatic nitrogens is 3. The number of nitrogens with one attached hydrogen (secondary N) is 1. The Morgan fingerprint density at radius 3 is 2.64 bits per heavy atom. The molecule has 1 unspecified atom stereocenters. The highest BCUT2D eigenvalue weighted by Gasteiger charge is 2.33. The van der Waals surface area contributed by atoms with E-state index in [9.17, 15) is 9.59 Å². The first-order valence-electron chi connectivity index (χ1n) is 10.6. The molecule has 33 heavy (non-hydrogen) atoms. The van der Waals surface area contributed by atoms with Crippen LogP contribution in [0.5, 0.6) is 0 Å². The molecule has 1 N–H and O–H groups in total. The number of rotatable bonds is 9. The first-order valence-corrected chi connectivity index (χ1v) is 11.4. The lowest BCUT2D eigenvalue weighted by atomic mass is 10.1. The molecule has 2 amide bonds. The van der Waals surface area contributed by atoms with Gasteiger partial charge >= 0.3 is 0 Å². The van der Waals surface area contributed by atoms with Crippen LogP contribution in [0, 0.1) is 6.92 Å². The second-order valence-corrected chi connectivity index (χ2v) is 8.52. The summed E-state index contributed by atoms with van der Waals surface area (Å²) in [6.45, 7) is 2.65. The number of para-hydroxylation sites is 1. The smallest absolute Gasteiger partial charge is 0.249 e. The Balaban J connectivity index is 1.73. The fourth-order valence-corrected chi connectivity index (χ4v) is 4.39. The summed E-state index contributed by atoms with van der Waals surface area (Å²) in [4.78, 5) is 29.4. The molecule has 8 nitrogen and oxygen atoms in total. The highest BCUT2D eigenvalue weighted by Crippen LogP contribution is 2.31. The average Bonchev–Trinajstić information content (AvgIpc) is 3.49. The normalized spacial score (nSPS) is 11.9. The third kappa shape index (κ3) is 5.10. The maximum atomic E-state index is 13.7. The van der Waals surface area contributed by atoms with Crippen LogP contribution >= 0.6 is 11.3 Å². The predicted octanol–water partition coefficient (Wildman–Crippen LogP) is 3.34. The topological polar surface area (TPSA) is 89.4 Å². The molecule has 0 saturated carbocycles. The molecule has 2 aromatic heterocycles. The third-order valence-corrected chi connectivity index (χ3v) is 6.14. The summed E-state index contributed by atoms with van der Waals surface area (Å²) in [5, 5.41) is 13.1. The molecule has 0 radical (unpaired) electrons. The van der Waals surface area contributed by atoms with E-state index >= 15 is 0 Å². The number of hydrogen-bond acceptors (Lipinski definition) is 6. The summed E-state index contributed by atoms with van der Waals surface area (Å²) in [7, 11) is 1.58. The zero-order chi connectivity index (χ0) is 23.2. The van der Waals surface area contributed by atoms with Gasteiger partial charge in [-0.3, -0.25) is 14.5 Å². The first kappa shape index (κ1) is 22.6. The van der Waals surface area contributed by atoms with Gasteiger partial charge in [0.25, 0.3) is 0 Å². The molecule has 0 aliphatic heterocycles. The van der Waals surface area contributed by atoms with Crippen molar-refractivity contribution in [2.75, 3.05) is 25.2 Å². The molecule has 0 aliphatic rings. The van der Waals surface area contributed by atoms with E-state index in [2.05, 4.69) is 15.6 Å². The largest absolute Gasteiger partial charge is 0.383 e. The van der Waals surface area contributed by atoms with E-state index in [0.717, 1.165) is 16.0 Å². The number of carbonyl (C=O) groups excluding carboxylic acids is 2. The molecule has 1 atom stereocenters. The zero-order valence-corrected chi connectivity index (χ0v) is 19.3. The van der Waals surface area contributed by atoms with Gasteiger partial charge in [-0.15, -0.1) is 16.4 Å². The Hall–Kier alpha value is -3.56. The van der Waals surface area contributed by atoms with Crippen LogP contribution in [0.4, 0.5) is 5.69 Å². The van der Waals surface area contributed by atoms with Crippen LogP contribution in [0.2, 0.25) is 0 Å². The van der Waals surface area contributed by atoms with E-state index in [1.54, 1.807) is 16.7 Å². The van der Waals surface area contributed by atoms with Gasteiger partial charge in [0.1, 0.15) is 18.1 Å². The maximum Gasteiger partial charge on any atom is 0.249 e. The Bertz CT molecular complexity index is 1220. The number of nitrogens with zero attached hydrogens (tertiary/aromatic N) is 4. The number of methoxy groups -OCH3 is 1. The van der Waals surface area contributed by atoms with E-state index in [0.29, 0.717) is 24.4 Å². The van der Waals surface area contributed by atoms with Crippen molar-refractivity contribution in [1.82, 2.24) is 20.3 Å². The lowest BCUT2D eigenvalue weighted by Crippen LogP contribution is -2.45. The molecule has 0 aliphatic carbocycles. The van der Waals surface area contributed by atoms with Gasteiger partial charge in [-0.25, -0.2) is 4.68 Å². The number of fused-ring (bicyclic) bond motifs is 1. The second kappa shape index (κ2) is 10.4. The van der Waals surface area contributed by atoms with Crippen LogP contribution in [-0.2, 0) is 20.9 Å². The van der Waals surface area contributed by atoms with Gasteiger partial charge in [0.15, 0.2) is 0 Å². The van der Waals surface area contributed by atoms with Crippen molar-refractivity contribution >= 4 is 39.9 Å². The minimum absolute atomic E-state index is 0.0540. The highest BCUT2D eigenvalue weighted by atomic mass is 32.1. The van der Waals surface area contributed by atoms with Crippen LogP contribution in [-0.4, -0.2) is 47.1 Å². The minimum atomic E-state index is -0.827. The first-order chi connectivity index (χ1) is 16.1. The number of thiophene rings is 1. The van der Waals surface area contributed by atoms with Crippen molar-refractivity contribution in [3.8, 4) is 0 Å². The standard InChI is InChI=1S/C24H25N5O3S/c1-17-9-11-18(12-10-17)29(22(30)16-28-20-7-4-3-6-19(20)26-27-28)23(21-8-5-15-33-21)24(31)25-13-14-32-2/h3-12,15,23H,13-14,16H2,1-2H3,(H,25,31). The van der Waals surface area contributed by atoms with Crippen molar-refractivity contribution in [1.29, 1.82) is 0 Å². The van der Waals surface area contributed by atoms with E-state index in [1.165, 1.54) is 11.3 Å². The number of amides is 2. The Labute approximate surface area is 195 Å². The Morgan fingerprint density at radius 1 is 1.12 bits per heavy atom. The number of carbonyl (C=O) groups is 2. The lowest BCUT2D eigenvalue weighted by Gasteiger charge is -2.30. The molecule has 0 saturated heterocycles. The van der Waals surface area contributed by atoms with Gasteiger partial charge in [0.2, 0.25) is 11.8 Å². The number of ether oxygens (including phenoxy) is 1. The summed E-state index contributed by atoms with van der Waals surface area (Å²) >= 11 is 1.43. The highest BCUT2D eigenvalue weighted by molar-refractivity contribution is 7.10. The fraction of sp³-hybridized carbons (Fsp3) is 0.250. The SMILES string of the molecule is COCCNC(=O)C(c1cccs1)N(C(=O)Cn1nnc2ccccc21)c1ccc(C)cc1. The van der Waals surface area contributed by atoms with Gasteiger partial charge in [0.05, 0.1) is 12.1 Å². The molecule has 2 aromatic carbocycles. The molecule has 4 rings (SSSR count). The van der Waals surface area contributed by atoms with Crippen molar-refractivity contribution in [3.63, 3.8) is 0 Å². The van der Waals surface area contributed by atoms with Crippen LogP contribution in [0.15, 0.2) is 66.0 Å². The van der Waals surface area contributed by atoms with Gasteiger partial charge in [-0.05, 0) is 42.6 Å². The molecule has 2 heterocycles. The van der Waals surface area contributed by atoms with Crippen LogP contribution < -0.4 is 10.2 Å². The Kier molecular flexibility index (Phi) is 7.11. The van der Waals surface area contributed by atoms with Crippen molar-refractivity contribution in [3.05, 3.63) is 76.5 Å². The minimum Gasteiger partial charge on any atom is -0.383 e. The third-order valence-electron chi connectivity index (χ3n) is 5.21. The molecular formula is C24H25N5O3S. The number of hydrogen-bond donors (Lipinski definition) is 1. The number of benzene rings is 2. The van der Waals surface area contributed by atoms with Crippen molar-refractivity contribution in [2.45, 2.75) is 19.5 Å². The summed E-state index contributed by atoms with van der Waals surface area (Å²) in [6, 6.07) is 17.9. The molecular weight excluding hydrogens is 438 g/mol. The monoisotopic (exact) mass is 463 g/mol. The van der Waals surface area contributed by atoms with E-state index < -0.39 is 6.04 Å². The average molecular weight is 464 g/mol. The summed E-state index contributed by atoms with van der Waals surface area (Å²) in [5.41, 5.74) is 3.16. The summed E-state index contributed by atoms with van der Waals surface area (Å²) < 4.78 is 6.63. The second-order valence-electron chi connectivity index (χ2n) is 7.54. The fourth-order valence-electron chi connectivity index (χ4n) is 3.57. The van der Waals surface area contributed by atoms with E-state index in [-0.39, 0.29) is 18.4 Å². The summed E-state index contributed by atoms with van der Waals surface area (Å²) in [5.74, 6) is -0.540. The lowest BCUT2D eigenvalue weighted by molar-refractivity contribution is -0.127. The molecule has 4 aromatic rings.